The normalized spacial score (nSPS) is 11.5. The molecule has 0 spiro atoms. The van der Waals surface area contributed by atoms with Gasteiger partial charge in [0.15, 0.2) is 0 Å². The summed E-state index contributed by atoms with van der Waals surface area (Å²) in [6.07, 6.45) is 0.507. The second kappa shape index (κ2) is 7.11. The van der Waals surface area contributed by atoms with E-state index in [1.165, 1.54) is 12.1 Å². The zero-order valence-corrected chi connectivity index (χ0v) is 15.8. The lowest BCUT2D eigenvalue weighted by Crippen LogP contribution is -2.11. The maximum atomic E-state index is 11.4. The molecule has 6 nitrogen and oxygen atoms in total. The third-order valence-corrected chi connectivity index (χ3v) is 5.22. The van der Waals surface area contributed by atoms with Gasteiger partial charge in [-0.2, -0.15) is 0 Å². The number of aryl methyl sites for hydroxylation is 1. The maximum absolute atomic E-state index is 11.4. The number of methoxy groups -OCH3 is 1. The monoisotopic (exact) mass is 392 g/mol. The topological polar surface area (TPSA) is 95.4 Å². The summed E-state index contributed by atoms with van der Waals surface area (Å²) in [6.45, 7) is 1.81. The molecule has 2 aromatic carbocycles. The van der Waals surface area contributed by atoms with Crippen LogP contribution in [0.25, 0.3) is 11.1 Å². The summed E-state index contributed by atoms with van der Waals surface area (Å²) in [4.78, 5) is 0.0545. The van der Waals surface area contributed by atoms with Gasteiger partial charge in [-0.3, -0.25) is 0 Å². The van der Waals surface area contributed by atoms with E-state index in [-0.39, 0.29) is 4.90 Å². The van der Waals surface area contributed by atoms with E-state index in [0.717, 1.165) is 22.4 Å². The molecule has 1 aromatic heterocycles. The van der Waals surface area contributed by atoms with Crippen LogP contribution < -0.4 is 9.88 Å². The first-order valence-electron chi connectivity index (χ1n) is 7.70. The van der Waals surface area contributed by atoms with E-state index in [1.807, 2.05) is 12.1 Å². The Balaban J connectivity index is 1.95. The van der Waals surface area contributed by atoms with Crippen LogP contribution in [0.1, 0.15) is 17.0 Å². The minimum absolute atomic E-state index is 0.0545. The average molecular weight is 393 g/mol. The van der Waals surface area contributed by atoms with Crippen molar-refractivity contribution in [1.82, 2.24) is 5.16 Å². The average Bonchev–Trinajstić information content (AvgIpc) is 2.95. The molecule has 136 valence electrons. The van der Waals surface area contributed by atoms with Gasteiger partial charge in [-0.25, -0.2) is 13.6 Å². The van der Waals surface area contributed by atoms with Gasteiger partial charge in [-0.1, -0.05) is 35.0 Å². The summed E-state index contributed by atoms with van der Waals surface area (Å²) >= 11 is 6.18. The summed E-state index contributed by atoms with van der Waals surface area (Å²) in [5.41, 5.74) is 3.29. The van der Waals surface area contributed by atoms with Crippen LogP contribution in [0.5, 0.6) is 5.75 Å². The number of aromatic nitrogens is 1. The Kier molecular flexibility index (Phi) is 5.04. The first-order chi connectivity index (χ1) is 12.3. The van der Waals surface area contributed by atoms with Crippen molar-refractivity contribution in [2.75, 3.05) is 7.11 Å². The minimum atomic E-state index is -3.73. The van der Waals surface area contributed by atoms with Gasteiger partial charge >= 0.3 is 0 Å². The van der Waals surface area contributed by atoms with Crippen molar-refractivity contribution >= 4 is 21.6 Å². The molecule has 0 aliphatic rings. The third kappa shape index (κ3) is 3.75. The quantitative estimate of drug-likeness (QED) is 0.716. The van der Waals surface area contributed by atoms with Gasteiger partial charge in [-0.15, -0.1) is 0 Å². The van der Waals surface area contributed by atoms with Crippen LogP contribution in [0.2, 0.25) is 5.02 Å². The molecule has 3 rings (SSSR count). The Morgan fingerprint density at radius 2 is 1.88 bits per heavy atom. The lowest BCUT2D eigenvalue weighted by molar-refractivity contribution is 0.392. The first-order valence-corrected chi connectivity index (χ1v) is 9.63. The van der Waals surface area contributed by atoms with Gasteiger partial charge in [0.2, 0.25) is 10.0 Å². The van der Waals surface area contributed by atoms with E-state index in [1.54, 1.807) is 32.2 Å². The molecule has 0 aliphatic carbocycles. The number of sulfonamides is 1. The van der Waals surface area contributed by atoms with Crippen LogP contribution in [0.4, 0.5) is 0 Å². The van der Waals surface area contributed by atoms with E-state index >= 15 is 0 Å². The number of hydrogen-bond donors (Lipinski definition) is 1. The number of primary sulfonamides is 1. The second-order valence-corrected chi connectivity index (χ2v) is 7.74. The SMILES string of the molecule is COc1ccc(Cc2noc(C)c2-c2ccc(S(N)(=O)=O)cc2)cc1Cl. The van der Waals surface area contributed by atoms with Crippen LogP contribution in [-0.4, -0.2) is 20.7 Å². The Hall–Kier alpha value is -2.35. The highest BCUT2D eigenvalue weighted by atomic mass is 35.5. The molecule has 3 aromatic rings. The number of rotatable bonds is 5. The molecular weight excluding hydrogens is 376 g/mol. The molecular formula is C18H17ClN2O4S. The van der Waals surface area contributed by atoms with Gasteiger partial charge in [0, 0.05) is 12.0 Å². The van der Waals surface area contributed by atoms with Crippen molar-refractivity contribution in [3.05, 3.63) is 64.5 Å². The van der Waals surface area contributed by atoms with E-state index in [4.69, 9.17) is 26.0 Å². The molecule has 0 fully saturated rings. The number of halogens is 1. The molecule has 0 radical (unpaired) electrons. The fourth-order valence-corrected chi connectivity index (χ4v) is 3.53. The highest BCUT2D eigenvalue weighted by Crippen LogP contribution is 2.31. The lowest BCUT2D eigenvalue weighted by atomic mass is 9.99. The smallest absolute Gasteiger partial charge is 0.238 e. The summed E-state index contributed by atoms with van der Waals surface area (Å²) in [7, 11) is -2.17. The number of nitrogens with two attached hydrogens (primary N) is 1. The van der Waals surface area contributed by atoms with E-state index in [0.29, 0.717) is 23.0 Å². The van der Waals surface area contributed by atoms with Crippen LogP contribution in [0.3, 0.4) is 0 Å². The zero-order valence-electron chi connectivity index (χ0n) is 14.2. The Morgan fingerprint density at radius 3 is 2.46 bits per heavy atom. The van der Waals surface area contributed by atoms with Gasteiger partial charge < -0.3 is 9.26 Å². The highest BCUT2D eigenvalue weighted by Gasteiger charge is 2.17. The summed E-state index contributed by atoms with van der Waals surface area (Å²) < 4.78 is 33.3. The molecule has 0 unspecified atom stereocenters. The standard InChI is InChI=1S/C18H17ClN2O4S/c1-11-18(13-4-6-14(7-5-13)26(20,22)23)16(21-25-11)10-12-3-8-17(24-2)15(19)9-12/h3-9H,10H2,1-2H3,(H2,20,22,23). The molecule has 1 heterocycles. The molecule has 2 N–H and O–H groups in total. The first kappa shape index (κ1) is 18.4. The summed E-state index contributed by atoms with van der Waals surface area (Å²) in [5, 5.41) is 9.80. The summed E-state index contributed by atoms with van der Waals surface area (Å²) in [6, 6.07) is 11.8. The van der Waals surface area contributed by atoms with E-state index in [9.17, 15) is 8.42 Å². The van der Waals surface area contributed by atoms with Crippen molar-refractivity contribution in [3.8, 4) is 16.9 Å². The fraction of sp³-hybridized carbons (Fsp3) is 0.167. The fourth-order valence-electron chi connectivity index (χ4n) is 2.73. The Labute approximate surface area is 156 Å². The van der Waals surface area contributed by atoms with Crippen LogP contribution in [0, 0.1) is 6.92 Å². The molecule has 0 amide bonds. The highest BCUT2D eigenvalue weighted by molar-refractivity contribution is 7.89. The predicted octanol–water partition coefficient (Wildman–Crippen LogP) is 3.55. The Morgan fingerprint density at radius 1 is 1.19 bits per heavy atom. The molecule has 0 saturated heterocycles. The van der Waals surface area contributed by atoms with Crippen molar-refractivity contribution < 1.29 is 17.7 Å². The van der Waals surface area contributed by atoms with Crippen molar-refractivity contribution in [2.24, 2.45) is 5.14 Å². The number of nitrogens with zero attached hydrogens (tertiary/aromatic N) is 1. The Bertz CT molecular complexity index is 1040. The van der Waals surface area contributed by atoms with Gasteiger partial charge in [0.1, 0.15) is 11.5 Å². The molecule has 26 heavy (non-hydrogen) atoms. The van der Waals surface area contributed by atoms with Crippen LogP contribution >= 0.6 is 11.6 Å². The van der Waals surface area contributed by atoms with Crippen molar-refractivity contribution in [3.63, 3.8) is 0 Å². The van der Waals surface area contributed by atoms with Crippen molar-refractivity contribution in [1.29, 1.82) is 0 Å². The zero-order chi connectivity index (χ0) is 18.9. The second-order valence-electron chi connectivity index (χ2n) is 5.78. The van der Waals surface area contributed by atoms with E-state index in [2.05, 4.69) is 5.16 Å². The largest absolute Gasteiger partial charge is 0.495 e. The molecule has 0 atom stereocenters. The van der Waals surface area contributed by atoms with Crippen LogP contribution in [0.15, 0.2) is 51.9 Å². The van der Waals surface area contributed by atoms with Gasteiger partial charge in [-0.05, 0) is 42.3 Å². The van der Waals surface area contributed by atoms with Crippen molar-refractivity contribution in [2.45, 2.75) is 18.2 Å². The maximum Gasteiger partial charge on any atom is 0.238 e. The van der Waals surface area contributed by atoms with Crippen LogP contribution in [-0.2, 0) is 16.4 Å². The number of benzene rings is 2. The molecule has 8 heteroatoms. The molecule has 0 saturated carbocycles. The predicted molar refractivity (Wildman–Crippen MR) is 98.9 cm³/mol. The van der Waals surface area contributed by atoms with Gasteiger partial charge in [0.25, 0.3) is 0 Å². The lowest BCUT2D eigenvalue weighted by Gasteiger charge is -2.07. The van der Waals surface area contributed by atoms with E-state index < -0.39 is 10.0 Å². The molecule has 0 aliphatic heterocycles. The molecule has 0 bridgehead atoms. The summed E-state index contributed by atoms with van der Waals surface area (Å²) in [5.74, 6) is 1.24. The minimum Gasteiger partial charge on any atom is -0.495 e. The number of ether oxygens (including phenoxy) is 1. The van der Waals surface area contributed by atoms with Gasteiger partial charge in [0.05, 0.1) is 22.7 Å². The third-order valence-electron chi connectivity index (χ3n) is 3.99. The number of hydrogen-bond acceptors (Lipinski definition) is 5.